The summed E-state index contributed by atoms with van der Waals surface area (Å²) >= 11 is 6.18. The zero-order valence-electron chi connectivity index (χ0n) is 24.3. The predicted octanol–water partition coefficient (Wildman–Crippen LogP) is 5.51. The zero-order chi connectivity index (χ0) is 28.2. The lowest BCUT2D eigenvalue weighted by Gasteiger charge is -2.51. The largest absolute Gasteiger partial charge is 0.341 e. The van der Waals surface area contributed by atoms with E-state index in [2.05, 4.69) is 93.8 Å². The fraction of sp³-hybridized carbons (Fsp3) is 0.457. The summed E-state index contributed by atoms with van der Waals surface area (Å²) in [5, 5.41) is 4.56. The van der Waals surface area contributed by atoms with Gasteiger partial charge in [0.25, 0.3) is 0 Å². The van der Waals surface area contributed by atoms with E-state index in [9.17, 15) is 4.79 Å². The van der Waals surface area contributed by atoms with Crippen LogP contribution in [0.3, 0.4) is 0 Å². The molecule has 3 aromatic rings. The Hall–Kier alpha value is -2.70. The minimum absolute atomic E-state index is 0.0380. The van der Waals surface area contributed by atoms with Crippen molar-refractivity contribution in [3.8, 4) is 0 Å². The molecule has 0 radical (unpaired) electrons. The van der Waals surface area contributed by atoms with Crippen LogP contribution in [0.4, 0.5) is 0 Å². The number of rotatable bonds is 7. The number of likely N-dealkylation sites (tertiary alicyclic amines) is 2. The highest BCUT2D eigenvalue weighted by atomic mass is 35.5. The van der Waals surface area contributed by atoms with E-state index in [0.29, 0.717) is 12.5 Å². The normalized spacial score (nSPS) is 20.6. The molecule has 0 unspecified atom stereocenters. The van der Waals surface area contributed by atoms with E-state index in [1.807, 2.05) is 12.1 Å². The molecular weight excluding hydrogens is 528 g/mol. The number of hydrogen-bond acceptors (Lipinski definition) is 4. The van der Waals surface area contributed by atoms with E-state index in [1.165, 1.54) is 16.7 Å². The van der Waals surface area contributed by atoms with Crippen molar-refractivity contribution in [1.29, 1.82) is 0 Å². The average molecular weight is 571 g/mol. The quantitative estimate of drug-likeness (QED) is 0.406. The molecule has 1 amide bonds. The van der Waals surface area contributed by atoms with Crippen LogP contribution in [0, 0.1) is 0 Å². The third kappa shape index (κ3) is 6.39. The number of nitrogens with one attached hydrogen (secondary N) is 1. The fourth-order valence-electron chi connectivity index (χ4n) is 7.33. The second-order valence-corrected chi connectivity index (χ2v) is 12.7. The Morgan fingerprint density at radius 2 is 1.56 bits per heavy atom. The first-order chi connectivity index (χ1) is 20.0. The van der Waals surface area contributed by atoms with Gasteiger partial charge in [-0.3, -0.25) is 14.6 Å². The molecule has 6 heteroatoms. The number of nitrogens with zero attached hydrogens (tertiary/aromatic N) is 3. The minimum atomic E-state index is -0.229. The van der Waals surface area contributed by atoms with Crippen LogP contribution in [0.15, 0.2) is 78.9 Å². The molecule has 1 spiro atoms. The molecule has 1 N–H and O–H groups in total. The van der Waals surface area contributed by atoms with Gasteiger partial charge in [0.2, 0.25) is 5.91 Å². The van der Waals surface area contributed by atoms with Crippen molar-refractivity contribution in [2.45, 2.75) is 62.7 Å². The van der Waals surface area contributed by atoms with Crippen LogP contribution in [-0.4, -0.2) is 72.5 Å². The van der Waals surface area contributed by atoms with Gasteiger partial charge in [0.1, 0.15) is 0 Å². The maximum Gasteiger partial charge on any atom is 0.240 e. The molecule has 0 saturated carbocycles. The second-order valence-electron chi connectivity index (χ2n) is 12.3. The van der Waals surface area contributed by atoms with Gasteiger partial charge in [0, 0.05) is 42.8 Å². The van der Waals surface area contributed by atoms with Gasteiger partial charge in [-0.1, -0.05) is 78.3 Å². The van der Waals surface area contributed by atoms with Crippen LogP contribution < -0.4 is 5.32 Å². The lowest BCUT2D eigenvalue weighted by atomic mass is 9.74. The van der Waals surface area contributed by atoms with Crippen LogP contribution in [-0.2, 0) is 29.7 Å². The summed E-state index contributed by atoms with van der Waals surface area (Å²) in [6.07, 6.45) is 5.87. The summed E-state index contributed by atoms with van der Waals surface area (Å²) in [5.41, 5.74) is 5.50. The number of halogens is 1. The summed E-state index contributed by atoms with van der Waals surface area (Å²) in [7, 11) is 2.27. The fourth-order valence-corrected chi connectivity index (χ4v) is 7.45. The summed E-state index contributed by atoms with van der Waals surface area (Å²) in [4.78, 5) is 21.4. The maximum absolute atomic E-state index is 14.2. The Bertz CT molecular complexity index is 1300. The molecule has 0 bridgehead atoms. The number of carbonyl (C=O) groups is 1. The molecule has 2 saturated heterocycles. The van der Waals surface area contributed by atoms with Crippen molar-refractivity contribution in [3.63, 3.8) is 0 Å². The first-order valence-electron chi connectivity index (χ1n) is 15.4. The van der Waals surface area contributed by atoms with Gasteiger partial charge in [-0.15, -0.1) is 0 Å². The Morgan fingerprint density at radius 3 is 2.29 bits per heavy atom. The molecule has 3 aliphatic heterocycles. The first kappa shape index (κ1) is 28.4. The predicted molar refractivity (Wildman–Crippen MR) is 167 cm³/mol. The molecule has 6 rings (SSSR count). The molecule has 216 valence electrons. The van der Waals surface area contributed by atoms with Crippen LogP contribution in [0.25, 0.3) is 0 Å². The van der Waals surface area contributed by atoms with Gasteiger partial charge in [-0.05, 0) is 93.0 Å². The van der Waals surface area contributed by atoms with Crippen LogP contribution >= 0.6 is 11.6 Å². The highest BCUT2D eigenvalue weighted by molar-refractivity contribution is 6.30. The van der Waals surface area contributed by atoms with Crippen LogP contribution in [0.2, 0.25) is 5.02 Å². The van der Waals surface area contributed by atoms with Crippen molar-refractivity contribution < 1.29 is 4.79 Å². The van der Waals surface area contributed by atoms with Gasteiger partial charge >= 0.3 is 0 Å². The highest BCUT2D eigenvalue weighted by Gasteiger charge is 2.44. The monoisotopic (exact) mass is 570 g/mol. The molecule has 0 aliphatic carbocycles. The van der Waals surface area contributed by atoms with Crippen LogP contribution in [0.5, 0.6) is 0 Å². The Kier molecular flexibility index (Phi) is 8.78. The van der Waals surface area contributed by atoms with Gasteiger partial charge in [0.05, 0.1) is 6.04 Å². The smallest absolute Gasteiger partial charge is 0.240 e. The van der Waals surface area contributed by atoms with E-state index < -0.39 is 0 Å². The van der Waals surface area contributed by atoms with Crippen molar-refractivity contribution in [2.24, 2.45) is 0 Å². The summed E-state index contributed by atoms with van der Waals surface area (Å²) in [6, 6.07) is 27.8. The molecular formula is C35H43ClN4O. The summed E-state index contributed by atoms with van der Waals surface area (Å²) in [5.74, 6) is 0.244. The summed E-state index contributed by atoms with van der Waals surface area (Å²) in [6.45, 7) is 5.76. The number of carbonyl (C=O) groups excluding carboxylic acids is 1. The number of benzene rings is 3. The lowest BCUT2D eigenvalue weighted by Crippen LogP contribution is -2.59. The molecule has 0 aromatic heterocycles. The van der Waals surface area contributed by atoms with E-state index in [0.717, 1.165) is 82.0 Å². The minimum Gasteiger partial charge on any atom is -0.341 e. The summed E-state index contributed by atoms with van der Waals surface area (Å²) < 4.78 is 0. The van der Waals surface area contributed by atoms with Gasteiger partial charge in [-0.2, -0.15) is 0 Å². The van der Waals surface area contributed by atoms with E-state index in [1.54, 1.807) is 0 Å². The highest BCUT2D eigenvalue weighted by Crippen LogP contribution is 2.42. The number of piperidine rings is 2. The number of likely N-dealkylation sites (N-methyl/N-ethyl adjacent to an activating group) is 1. The molecule has 1 atom stereocenters. The standard InChI is InChI=1S/C35H43ClN4O/c1-38-20-15-29-9-5-6-10-32(29)35(38)18-23-40(24-19-35)34(41)33(25-27-11-13-30(36)14-12-27)37-31-16-21-39(22-17-31)26-28-7-3-2-4-8-28/h2-14,31,33,37H,15-26H2,1H3/t33-/m1/s1. The van der Waals surface area contributed by atoms with Crippen molar-refractivity contribution in [1.82, 2.24) is 20.0 Å². The topological polar surface area (TPSA) is 38.8 Å². The zero-order valence-corrected chi connectivity index (χ0v) is 25.0. The van der Waals surface area contributed by atoms with E-state index in [4.69, 9.17) is 11.6 Å². The number of amides is 1. The van der Waals surface area contributed by atoms with Crippen molar-refractivity contribution in [2.75, 3.05) is 39.8 Å². The SMILES string of the molecule is CN1CCc2ccccc2C12CCN(C(=O)[C@@H](Cc1ccc(Cl)cc1)NC1CCN(Cc3ccccc3)CC1)CC2. The first-order valence-corrected chi connectivity index (χ1v) is 15.7. The average Bonchev–Trinajstić information content (AvgIpc) is 3.01. The lowest BCUT2D eigenvalue weighted by molar-refractivity contribution is -0.136. The Labute approximate surface area is 250 Å². The molecule has 2 fully saturated rings. The number of fused-ring (bicyclic) bond motifs is 2. The Morgan fingerprint density at radius 1 is 0.878 bits per heavy atom. The third-order valence-electron chi connectivity index (χ3n) is 9.79. The molecule has 5 nitrogen and oxygen atoms in total. The molecule has 41 heavy (non-hydrogen) atoms. The van der Waals surface area contributed by atoms with Crippen molar-refractivity contribution in [3.05, 3.63) is 106 Å². The van der Waals surface area contributed by atoms with Gasteiger partial charge in [0.15, 0.2) is 0 Å². The Balaban J connectivity index is 1.12. The molecule has 3 heterocycles. The molecule has 3 aliphatic rings. The van der Waals surface area contributed by atoms with Crippen molar-refractivity contribution >= 4 is 17.5 Å². The third-order valence-corrected chi connectivity index (χ3v) is 10.0. The van der Waals surface area contributed by atoms with E-state index >= 15 is 0 Å². The van der Waals surface area contributed by atoms with Gasteiger partial charge in [-0.25, -0.2) is 0 Å². The maximum atomic E-state index is 14.2. The molecule has 3 aromatic carbocycles. The number of hydrogen-bond donors (Lipinski definition) is 1. The van der Waals surface area contributed by atoms with E-state index in [-0.39, 0.29) is 17.5 Å². The second kappa shape index (κ2) is 12.7. The van der Waals surface area contributed by atoms with Crippen LogP contribution in [0.1, 0.15) is 47.9 Å². The van der Waals surface area contributed by atoms with Gasteiger partial charge < -0.3 is 10.2 Å².